The minimum Gasteiger partial charge on any atom is -0.497 e. The maximum absolute atomic E-state index is 14.7. The van der Waals surface area contributed by atoms with Crippen LogP contribution in [0.4, 0.5) is 4.79 Å². The van der Waals surface area contributed by atoms with E-state index in [1.165, 1.54) is 10.6 Å². The van der Waals surface area contributed by atoms with Crippen molar-refractivity contribution in [1.29, 1.82) is 0 Å². The van der Waals surface area contributed by atoms with Crippen molar-refractivity contribution in [1.82, 2.24) is 14.1 Å². The number of amides is 2. The smallest absolute Gasteiger partial charge is 0.326 e. The molecule has 234 valence electrons. The van der Waals surface area contributed by atoms with E-state index in [9.17, 15) is 13.2 Å². The molecule has 2 heterocycles. The molecule has 0 bridgehead atoms. The van der Waals surface area contributed by atoms with Crippen molar-refractivity contribution in [2.75, 3.05) is 39.5 Å². The summed E-state index contributed by atoms with van der Waals surface area (Å²) in [6.45, 7) is 6.73. The van der Waals surface area contributed by atoms with Crippen molar-refractivity contribution in [2.24, 2.45) is 4.99 Å². The van der Waals surface area contributed by atoms with Gasteiger partial charge in [-0.05, 0) is 68.3 Å². The van der Waals surface area contributed by atoms with Gasteiger partial charge in [-0.25, -0.2) is 13.2 Å². The molecule has 44 heavy (non-hydrogen) atoms. The summed E-state index contributed by atoms with van der Waals surface area (Å²) in [5, 5.41) is 1.15. The summed E-state index contributed by atoms with van der Waals surface area (Å²) < 4.78 is 37.6. The van der Waals surface area contributed by atoms with Crippen LogP contribution in [0.2, 0.25) is 10.0 Å². The van der Waals surface area contributed by atoms with E-state index in [0.29, 0.717) is 32.9 Å². The first kappa shape index (κ1) is 32.1. The number of amidine groups is 1. The Morgan fingerprint density at radius 2 is 1.55 bits per heavy atom. The lowest BCUT2D eigenvalue weighted by atomic mass is 9.81. The number of carbonyl (C=O) groups is 1. The summed E-state index contributed by atoms with van der Waals surface area (Å²) in [4.78, 5) is 23.4. The molecule has 9 nitrogen and oxygen atoms in total. The molecule has 0 aromatic heterocycles. The molecule has 2 aliphatic rings. The zero-order valence-corrected chi connectivity index (χ0v) is 27.7. The molecule has 5 rings (SSSR count). The first-order chi connectivity index (χ1) is 20.8. The molecule has 1 saturated heterocycles. The largest absolute Gasteiger partial charge is 0.497 e. The Bertz CT molecular complexity index is 1660. The summed E-state index contributed by atoms with van der Waals surface area (Å²) in [6, 6.07) is 19.4. The van der Waals surface area contributed by atoms with Crippen LogP contribution in [0.1, 0.15) is 43.5 Å². The monoisotopic (exact) mass is 658 g/mol. The van der Waals surface area contributed by atoms with Crippen LogP contribution < -0.4 is 9.47 Å². The van der Waals surface area contributed by atoms with Gasteiger partial charge in [0.2, 0.25) is 10.0 Å². The number of carbonyl (C=O) groups excluding carboxylic acids is 1. The average Bonchev–Trinajstić information content (AvgIpc) is 3.30. The van der Waals surface area contributed by atoms with Gasteiger partial charge in [0.15, 0.2) is 0 Å². The van der Waals surface area contributed by atoms with Crippen LogP contribution in [0.3, 0.4) is 0 Å². The van der Waals surface area contributed by atoms with Crippen LogP contribution in [0.25, 0.3) is 0 Å². The molecular formula is C32H36Cl2N4O5S. The van der Waals surface area contributed by atoms with Crippen LogP contribution in [-0.4, -0.2) is 80.0 Å². The minimum atomic E-state index is -3.38. The maximum Gasteiger partial charge on any atom is 0.326 e. The highest BCUT2D eigenvalue weighted by molar-refractivity contribution is 7.88. The van der Waals surface area contributed by atoms with Crippen molar-refractivity contribution in [2.45, 2.75) is 38.5 Å². The second-order valence-electron chi connectivity index (χ2n) is 11.4. The van der Waals surface area contributed by atoms with Crippen molar-refractivity contribution in [3.8, 4) is 11.5 Å². The highest BCUT2D eigenvalue weighted by Gasteiger charge is 2.52. The third-order valence-electron chi connectivity index (χ3n) is 7.95. The Kier molecular flexibility index (Phi) is 9.18. The Labute approximate surface area is 269 Å². The lowest BCUT2D eigenvalue weighted by Gasteiger charge is -2.40. The average molecular weight is 660 g/mol. The molecule has 12 heteroatoms. The van der Waals surface area contributed by atoms with Gasteiger partial charge in [-0.1, -0.05) is 47.5 Å². The van der Waals surface area contributed by atoms with E-state index < -0.39 is 21.6 Å². The molecule has 2 atom stereocenters. The molecule has 0 unspecified atom stereocenters. The molecule has 2 aliphatic heterocycles. The van der Waals surface area contributed by atoms with Crippen LogP contribution in [0, 0.1) is 0 Å². The van der Waals surface area contributed by atoms with E-state index in [1.54, 1.807) is 35.1 Å². The molecule has 0 saturated carbocycles. The third-order valence-corrected chi connectivity index (χ3v) is 9.76. The van der Waals surface area contributed by atoms with Gasteiger partial charge in [0, 0.05) is 42.3 Å². The van der Waals surface area contributed by atoms with E-state index in [4.69, 9.17) is 37.7 Å². The van der Waals surface area contributed by atoms with Crippen molar-refractivity contribution in [3.63, 3.8) is 0 Å². The van der Waals surface area contributed by atoms with Crippen molar-refractivity contribution < 1.29 is 22.7 Å². The fourth-order valence-corrected chi connectivity index (χ4v) is 6.84. The quantitative estimate of drug-likeness (QED) is 0.301. The number of methoxy groups -OCH3 is 1. The molecule has 0 N–H and O–H groups in total. The number of rotatable bonds is 7. The highest BCUT2D eigenvalue weighted by atomic mass is 35.5. The van der Waals surface area contributed by atoms with Gasteiger partial charge in [0.25, 0.3) is 0 Å². The highest BCUT2D eigenvalue weighted by Crippen LogP contribution is 2.50. The summed E-state index contributed by atoms with van der Waals surface area (Å²) >= 11 is 12.6. The molecule has 3 aromatic carbocycles. The maximum atomic E-state index is 14.7. The van der Waals surface area contributed by atoms with Crippen LogP contribution in [0.15, 0.2) is 71.7 Å². The summed E-state index contributed by atoms with van der Waals surface area (Å²) in [5.41, 5.74) is 1.36. The Hall–Kier alpha value is -3.31. The number of nitrogens with zero attached hydrogens (tertiary/aromatic N) is 4. The molecule has 1 fully saturated rings. The molecule has 0 aliphatic carbocycles. The van der Waals surface area contributed by atoms with E-state index in [1.807, 2.05) is 69.3 Å². The van der Waals surface area contributed by atoms with Gasteiger partial charge in [0.05, 0.1) is 31.1 Å². The van der Waals surface area contributed by atoms with E-state index in [-0.39, 0.29) is 38.3 Å². The Balaban J connectivity index is 1.70. The second-order valence-corrected chi connectivity index (χ2v) is 14.2. The first-order valence-electron chi connectivity index (χ1n) is 14.3. The van der Waals surface area contributed by atoms with Gasteiger partial charge in [-0.2, -0.15) is 4.31 Å². The number of aliphatic imine (C=N–C) groups is 1. The SMILES string of the molecule is COc1ccc(C2=N[C@@](C)(c3ccc(Cl)cc3)[C@H](c3ccc(Cl)cc3)N2C(=O)N2CCN(S(C)(=O)=O)CC2)c(OC(C)C)c1. The van der Waals surface area contributed by atoms with Crippen LogP contribution in [0.5, 0.6) is 11.5 Å². The minimum absolute atomic E-state index is 0.161. The Morgan fingerprint density at radius 3 is 2.09 bits per heavy atom. The number of halogens is 2. The number of hydrogen-bond donors (Lipinski definition) is 0. The number of hydrogen-bond acceptors (Lipinski definition) is 6. The normalized spacial score (nSPS) is 21.0. The van der Waals surface area contributed by atoms with Crippen molar-refractivity contribution in [3.05, 3.63) is 93.5 Å². The zero-order chi connectivity index (χ0) is 31.8. The zero-order valence-electron chi connectivity index (χ0n) is 25.3. The lowest BCUT2D eigenvalue weighted by molar-refractivity contribution is 0.136. The Morgan fingerprint density at radius 1 is 0.955 bits per heavy atom. The number of benzene rings is 3. The van der Waals surface area contributed by atoms with Gasteiger partial charge in [-0.15, -0.1) is 0 Å². The van der Waals surface area contributed by atoms with Gasteiger partial charge >= 0.3 is 6.03 Å². The van der Waals surface area contributed by atoms with E-state index in [2.05, 4.69) is 0 Å². The fourth-order valence-electron chi connectivity index (χ4n) is 5.76. The first-order valence-corrected chi connectivity index (χ1v) is 16.9. The van der Waals surface area contributed by atoms with Crippen LogP contribution in [-0.2, 0) is 15.6 Å². The van der Waals surface area contributed by atoms with Gasteiger partial charge in [0.1, 0.15) is 22.9 Å². The van der Waals surface area contributed by atoms with E-state index >= 15 is 0 Å². The number of urea groups is 1. The second kappa shape index (κ2) is 12.6. The van der Waals surface area contributed by atoms with E-state index in [0.717, 1.165) is 11.1 Å². The van der Waals surface area contributed by atoms with Crippen LogP contribution >= 0.6 is 23.2 Å². The fraction of sp³-hybridized carbons (Fsp3) is 0.375. The molecule has 0 spiro atoms. The molecule has 3 aromatic rings. The van der Waals surface area contributed by atoms with Gasteiger partial charge in [-0.3, -0.25) is 9.89 Å². The van der Waals surface area contributed by atoms with Gasteiger partial charge < -0.3 is 14.4 Å². The number of ether oxygens (including phenoxy) is 2. The predicted octanol–water partition coefficient (Wildman–Crippen LogP) is 6.21. The molecular weight excluding hydrogens is 623 g/mol. The molecule has 0 radical (unpaired) electrons. The summed E-state index contributed by atoms with van der Waals surface area (Å²) in [5.74, 6) is 1.55. The van der Waals surface area contributed by atoms with Crippen molar-refractivity contribution >= 4 is 45.1 Å². The summed E-state index contributed by atoms with van der Waals surface area (Å²) in [7, 11) is -1.80. The summed E-state index contributed by atoms with van der Waals surface area (Å²) in [6.07, 6.45) is 1.02. The molecule has 2 amide bonds. The lowest BCUT2D eigenvalue weighted by Crippen LogP contribution is -2.55. The number of sulfonamides is 1. The number of piperazine rings is 1. The third kappa shape index (κ3) is 6.40. The standard InChI is InChI=1S/C32H36Cl2N4O5S/c1-21(2)43-28-20-26(42-4)14-15-27(28)30-35-32(3,23-8-12-25(34)13-9-23)29(22-6-10-24(33)11-7-22)38(30)31(39)36-16-18-37(19-17-36)44(5,40)41/h6-15,20-21,29H,16-19H2,1-5H3/t29-,32-/m0/s1. The topological polar surface area (TPSA) is 91.8 Å². The predicted molar refractivity (Wildman–Crippen MR) is 174 cm³/mol.